The lowest BCUT2D eigenvalue weighted by molar-refractivity contribution is -0.393. The second-order valence-electron chi connectivity index (χ2n) is 6.39. The van der Waals surface area contributed by atoms with Gasteiger partial charge in [0.05, 0.1) is 22.1 Å². The largest absolute Gasteiger partial charge is 0.461 e. The van der Waals surface area contributed by atoms with Crippen molar-refractivity contribution in [3.8, 4) is 0 Å². The lowest BCUT2D eigenvalue weighted by atomic mass is 9.94. The number of ether oxygens (including phenoxy) is 1. The van der Waals surface area contributed by atoms with Crippen LogP contribution in [0.3, 0.4) is 0 Å². The second kappa shape index (κ2) is 8.91. The molecule has 0 amide bonds. The first-order valence-electron chi connectivity index (χ1n) is 8.56. The fourth-order valence-corrected chi connectivity index (χ4v) is 2.88. The fraction of sp³-hybridized carbons (Fsp3) is 0.263. The number of aryl methyl sites for hydroxylation is 2. The molecule has 0 aliphatic heterocycles. The first-order chi connectivity index (χ1) is 13.6. The van der Waals surface area contributed by atoms with Crippen LogP contribution in [0.15, 0.2) is 29.4 Å². The molecular weight excluding hydrogens is 380 g/mol. The number of nitro groups is 2. The summed E-state index contributed by atoms with van der Waals surface area (Å²) in [5.41, 5.74) is 6.15. The first-order valence-corrected chi connectivity index (χ1v) is 8.56. The molecule has 2 rings (SSSR count). The summed E-state index contributed by atoms with van der Waals surface area (Å²) in [5, 5.41) is 26.1. The Bertz CT molecular complexity index is 1020. The summed E-state index contributed by atoms with van der Waals surface area (Å²) in [7, 11) is 0. The van der Waals surface area contributed by atoms with E-state index >= 15 is 0 Å². The van der Waals surface area contributed by atoms with Crippen molar-refractivity contribution in [2.24, 2.45) is 5.10 Å². The normalized spacial score (nSPS) is 10.8. The Kier molecular flexibility index (Phi) is 6.60. The maximum Gasteiger partial charge on any atom is 0.302 e. The van der Waals surface area contributed by atoms with E-state index in [9.17, 15) is 25.0 Å². The summed E-state index contributed by atoms with van der Waals surface area (Å²) < 4.78 is 5.10. The molecule has 0 saturated carbocycles. The Balaban J connectivity index is 2.33. The number of rotatable bonds is 7. The molecule has 0 bridgehead atoms. The van der Waals surface area contributed by atoms with Gasteiger partial charge >= 0.3 is 11.7 Å². The molecule has 0 aliphatic rings. The monoisotopic (exact) mass is 400 g/mol. The van der Waals surface area contributed by atoms with Gasteiger partial charge in [0.1, 0.15) is 12.3 Å². The molecule has 152 valence electrons. The Morgan fingerprint density at radius 2 is 1.83 bits per heavy atom. The number of carbonyl (C=O) groups excluding carboxylic acids is 1. The third-order valence-corrected chi connectivity index (χ3v) is 4.38. The minimum absolute atomic E-state index is 0.0272. The van der Waals surface area contributed by atoms with Crippen LogP contribution in [0.1, 0.15) is 34.7 Å². The summed E-state index contributed by atoms with van der Waals surface area (Å²) in [4.78, 5) is 31.7. The van der Waals surface area contributed by atoms with Gasteiger partial charge in [-0.1, -0.05) is 6.07 Å². The topological polar surface area (TPSA) is 137 Å². The summed E-state index contributed by atoms with van der Waals surface area (Å²) in [6.07, 6.45) is 1.51. The van der Waals surface area contributed by atoms with Gasteiger partial charge in [0, 0.05) is 18.6 Å². The number of non-ortho nitro benzene ring substituents is 1. The van der Waals surface area contributed by atoms with Crippen molar-refractivity contribution in [3.05, 3.63) is 72.3 Å². The smallest absolute Gasteiger partial charge is 0.302 e. The minimum atomic E-state index is -0.718. The highest BCUT2D eigenvalue weighted by Crippen LogP contribution is 2.29. The van der Waals surface area contributed by atoms with E-state index in [1.165, 1.54) is 19.2 Å². The summed E-state index contributed by atoms with van der Waals surface area (Å²) in [6, 6.07) is 5.19. The SMILES string of the molecule is CC(=O)OCc1c(C)cc(C)c(/C=N/Nc2ccc([N+](=O)[O-])cc2[N+](=O)[O-])c1C. The highest BCUT2D eigenvalue weighted by Gasteiger charge is 2.19. The molecule has 0 spiro atoms. The molecule has 0 heterocycles. The van der Waals surface area contributed by atoms with Crippen LogP contribution < -0.4 is 5.43 Å². The van der Waals surface area contributed by atoms with E-state index in [2.05, 4.69) is 10.5 Å². The highest BCUT2D eigenvalue weighted by atomic mass is 16.6. The maximum atomic E-state index is 11.2. The van der Waals surface area contributed by atoms with Crippen LogP contribution in [0.4, 0.5) is 17.1 Å². The minimum Gasteiger partial charge on any atom is -0.461 e. The average molecular weight is 400 g/mol. The van der Waals surface area contributed by atoms with Crippen molar-refractivity contribution in [2.45, 2.75) is 34.3 Å². The van der Waals surface area contributed by atoms with Crippen LogP contribution in [0, 0.1) is 41.0 Å². The van der Waals surface area contributed by atoms with Crippen LogP contribution in [0.25, 0.3) is 0 Å². The number of hydrogen-bond donors (Lipinski definition) is 1. The zero-order valence-corrected chi connectivity index (χ0v) is 16.4. The highest BCUT2D eigenvalue weighted by molar-refractivity contribution is 5.85. The number of nitrogens with one attached hydrogen (secondary N) is 1. The zero-order valence-electron chi connectivity index (χ0n) is 16.4. The molecule has 1 N–H and O–H groups in total. The van der Waals surface area contributed by atoms with Gasteiger partial charge in [0.15, 0.2) is 0 Å². The molecular formula is C19H20N4O6. The van der Waals surface area contributed by atoms with E-state index in [1.807, 2.05) is 26.8 Å². The van der Waals surface area contributed by atoms with Crippen molar-refractivity contribution in [3.63, 3.8) is 0 Å². The molecule has 2 aromatic carbocycles. The van der Waals surface area contributed by atoms with E-state index in [4.69, 9.17) is 4.74 Å². The van der Waals surface area contributed by atoms with Gasteiger partial charge in [0.25, 0.3) is 5.69 Å². The van der Waals surface area contributed by atoms with Gasteiger partial charge in [-0.15, -0.1) is 0 Å². The van der Waals surface area contributed by atoms with Gasteiger partial charge in [-0.05, 0) is 49.1 Å². The lowest BCUT2D eigenvalue weighted by Gasteiger charge is -2.15. The third kappa shape index (κ3) is 5.12. The van der Waals surface area contributed by atoms with Gasteiger partial charge in [-0.3, -0.25) is 30.4 Å². The van der Waals surface area contributed by atoms with Gasteiger partial charge in [-0.2, -0.15) is 5.10 Å². The summed E-state index contributed by atoms with van der Waals surface area (Å²) in [5.74, 6) is -0.383. The van der Waals surface area contributed by atoms with Crippen molar-refractivity contribution in [2.75, 3.05) is 5.43 Å². The molecule has 0 atom stereocenters. The van der Waals surface area contributed by atoms with Gasteiger partial charge < -0.3 is 4.74 Å². The van der Waals surface area contributed by atoms with Crippen LogP contribution >= 0.6 is 0 Å². The van der Waals surface area contributed by atoms with E-state index in [0.29, 0.717) is 0 Å². The summed E-state index contributed by atoms with van der Waals surface area (Å²) >= 11 is 0. The van der Waals surface area contributed by atoms with Crippen molar-refractivity contribution >= 4 is 29.2 Å². The molecule has 0 aliphatic carbocycles. The van der Waals surface area contributed by atoms with Crippen molar-refractivity contribution in [1.29, 1.82) is 0 Å². The number of hydrogen-bond acceptors (Lipinski definition) is 8. The number of esters is 1. The Labute approximate surface area is 166 Å². The van der Waals surface area contributed by atoms with Crippen LogP contribution in [0.2, 0.25) is 0 Å². The van der Waals surface area contributed by atoms with E-state index < -0.39 is 15.5 Å². The number of carbonyl (C=O) groups is 1. The molecule has 0 radical (unpaired) electrons. The Hall–Kier alpha value is -3.82. The average Bonchev–Trinajstić information content (AvgIpc) is 2.63. The molecule has 0 aromatic heterocycles. The van der Waals surface area contributed by atoms with E-state index in [1.54, 1.807) is 0 Å². The molecule has 10 heteroatoms. The molecule has 2 aromatic rings. The quantitative estimate of drug-likeness (QED) is 0.321. The molecule has 0 fully saturated rings. The fourth-order valence-electron chi connectivity index (χ4n) is 2.88. The third-order valence-electron chi connectivity index (χ3n) is 4.38. The maximum absolute atomic E-state index is 11.2. The van der Waals surface area contributed by atoms with E-state index in [0.717, 1.165) is 39.9 Å². The standard InChI is InChI=1S/C19H20N4O6/c1-11-7-12(2)17(10-29-14(4)24)13(3)16(11)9-20-21-18-6-5-15(22(25)26)8-19(18)23(27)28/h5-9,21H,10H2,1-4H3/b20-9+. The molecule has 0 unspecified atom stereocenters. The number of hydrazone groups is 1. The van der Waals surface area contributed by atoms with E-state index in [-0.39, 0.29) is 24.0 Å². The Morgan fingerprint density at radius 3 is 2.41 bits per heavy atom. The molecule has 0 saturated heterocycles. The predicted molar refractivity (Wildman–Crippen MR) is 107 cm³/mol. The summed E-state index contributed by atoms with van der Waals surface area (Å²) in [6.45, 7) is 7.15. The second-order valence-corrected chi connectivity index (χ2v) is 6.39. The molecule has 29 heavy (non-hydrogen) atoms. The predicted octanol–water partition coefficient (Wildman–Crippen LogP) is 3.94. The zero-order chi connectivity index (χ0) is 21.7. The number of anilines is 1. The van der Waals surface area contributed by atoms with Crippen LogP contribution in [0.5, 0.6) is 0 Å². The first kappa shape index (κ1) is 21.5. The number of benzene rings is 2. The van der Waals surface area contributed by atoms with Crippen LogP contribution in [-0.2, 0) is 16.1 Å². The number of nitrogens with zero attached hydrogens (tertiary/aromatic N) is 3. The number of nitro benzene ring substituents is 2. The molecule has 10 nitrogen and oxygen atoms in total. The van der Waals surface area contributed by atoms with Gasteiger partial charge in [0.2, 0.25) is 0 Å². The van der Waals surface area contributed by atoms with Crippen molar-refractivity contribution in [1.82, 2.24) is 0 Å². The lowest BCUT2D eigenvalue weighted by Crippen LogP contribution is -2.06. The van der Waals surface area contributed by atoms with Gasteiger partial charge in [-0.25, -0.2) is 0 Å². The Morgan fingerprint density at radius 1 is 1.14 bits per heavy atom. The van der Waals surface area contributed by atoms with Crippen LogP contribution in [-0.4, -0.2) is 22.0 Å². The van der Waals surface area contributed by atoms with Crippen molar-refractivity contribution < 1.29 is 19.4 Å².